The molecular formula is C20H26O5. The molecule has 2 fully saturated rings. The van der Waals surface area contributed by atoms with E-state index < -0.39 is 23.8 Å². The molecule has 1 N–H and O–H groups in total. The summed E-state index contributed by atoms with van der Waals surface area (Å²) in [5, 5.41) is 11.1. The highest BCUT2D eigenvalue weighted by Gasteiger charge is 2.56. The second-order valence-corrected chi connectivity index (χ2v) is 7.63. The van der Waals surface area contributed by atoms with Crippen LogP contribution in [0.15, 0.2) is 34.4 Å². The molecule has 0 aromatic rings. The maximum atomic E-state index is 12.3. The Bertz CT molecular complexity index is 710. The van der Waals surface area contributed by atoms with Gasteiger partial charge in [-0.3, -0.25) is 4.79 Å². The van der Waals surface area contributed by atoms with Crippen molar-refractivity contribution in [3.63, 3.8) is 0 Å². The van der Waals surface area contributed by atoms with Gasteiger partial charge in [0.1, 0.15) is 12.2 Å². The first-order valence-corrected chi connectivity index (χ1v) is 8.84. The van der Waals surface area contributed by atoms with Crippen molar-refractivity contribution in [1.82, 2.24) is 0 Å². The number of carbonyl (C=O) groups excluding carboxylic acids is 2. The molecule has 3 aliphatic rings. The first-order valence-electron chi connectivity index (χ1n) is 8.84. The molecule has 5 nitrogen and oxygen atoms in total. The summed E-state index contributed by atoms with van der Waals surface area (Å²) in [4.78, 5) is 24.6. The van der Waals surface area contributed by atoms with Gasteiger partial charge in [0, 0.05) is 12.0 Å². The van der Waals surface area contributed by atoms with Crippen molar-refractivity contribution < 1.29 is 24.2 Å². The third kappa shape index (κ3) is 2.84. The van der Waals surface area contributed by atoms with Crippen LogP contribution < -0.4 is 0 Å². The number of fused-ring (bicyclic) bond motifs is 3. The fraction of sp³-hybridized carbons (Fsp3) is 0.600. The Hall–Kier alpha value is -1.88. The molecule has 0 bridgehead atoms. The Morgan fingerprint density at radius 2 is 2.16 bits per heavy atom. The van der Waals surface area contributed by atoms with E-state index in [0.717, 1.165) is 23.1 Å². The SMILES string of the molecule is CC=C(C)C(=O)OC1CC(C)(O)C2=CCC(C)=C2C2OC(=O)C(C)C12. The van der Waals surface area contributed by atoms with Gasteiger partial charge in [-0.25, -0.2) is 4.79 Å². The average molecular weight is 346 g/mol. The zero-order chi connectivity index (χ0) is 18.5. The van der Waals surface area contributed by atoms with Crippen LogP contribution in [0, 0.1) is 11.8 Å². The van der Waals surface area contributed by atoms with E-state index in [2.05, 4.69) is 0 Å². The topological polar surface area (TPSA) is 72.8 Å². The largest absolute Gasteiger partial charge is 0.458 e. The van der Waals surface area contributed by atoms with Crippen LogP contribution in [0.25, 0.3) is 0 Å². The van der Waals surface area contributed by atoms with Gasteiger partial charge in [-0.1, -0.05) is 24.6 Å². The Morgan fingerprint density at radius 1 is 1.48 bits per heavy atom. The lowest BCUT2D eigenvalue weighted by Gasteiger charge is -2.29. The number of hydrogen-bond acceptors (Lipinski definition) is 5. The Morgan fingerprint density at radius 3 is 2.80 bits per heavy atom. The van der Waals surface area contributed by atoms with E-state index in [1.165, 1.54) is 0 Å². The molecular weight excluding hydrogens is 320 g/mol. The standard InChI is InChI=1S/C20H26O5/c1-6-10(2)18(21)24-14-9-20(5,23)13-8-7-11(3)15(13)17-16(14)12(4)19(22)25-17/h6,8,12,14,16-17,23H,7,9H2,1-5H3. The number of aliphatic hydroxyl groups is 1. The number of ether oxygens (including phenoxy) is 2. The summed E-state index contributed by atoms with van der Waals surface area (Å²) < 4.78 is 11.4. The van der Waals surface area contributed by atoms with Crippen molar-refractivity contribution in [2.75, 3.05) is 0 Å². The van der Waals surface area contributed by atoms with E-state index in [-0.39, 0.29) is 24.2 Å². The molecule has 1 saturated heterocycles. The fourth-order valence-corrected chi connectivity index (χ4v) is 4.22. The van der Waals surface area contributed by atoms with Gasteiger partial charge in [-0.15, -0.1) is 0 Å². The highest BCUT2D eigenvalue weighted by Crippen LogP contribution is 2.50. The van der Waals surface area contributed by atoms with E-state index >= 15 is 0 Å². The molecule has 1 saturated carbocycles. The number of rotatable bonds is 2. The second kappa shape index (κ2) is 6.13. The molecule has 0 aromatic carbocycles. The van der Waals surface area contributed by atoms with Gasteiger partial charge in [0.05, 0.1) is 17.4 Å². The monoisotopic (exact) mass is 346 g/mol. The summed E-state index contributed by atoms with van der Waals surface area (Å²) in [6.45, 7) is 9.02. The van der Waals surface area contributed by atoms with Crippen LogP contribution >= 0.6 is 0 Å². The summed E-state index contributed by atoms with van der Waals surface area (Å²) in [5.41, 5.74) is 2.20. The van der Waals surface area contributed by atoms with Crippen LogP contribution in [0.4, 0.5) is 0 Å². The van der Waals surface area contributed by atoms with Gasteiger partial charge in [0.2, 0.25) is 0 Å². The average Bonchev–Trinajstić information content (AvgIpc) is 3.03. The van der Waals surface area contributed by atoms with E-state index in [4.69, 9.17) is 9.47 Å². The van der Waals surface area contributed by atoms with E-state index in [0.29, 0.717) is 5.57 Å². The van der Waals surface area contributed by atoms with Gasteiger partial charge in [-0.05, 0) is 45.3 Å². The summed E-state index contributed by atoms with van der Waals surface area (Å²) in [6.07, 6.45) is 3.64. The zero-order valence-electron chi connectivity index (χ0n) is 15.5. The molecule has 5 unspecified atom stereocenters. The molecule has 0 aromatic heterocycles. The molecule has 0 spiro atoms. The van der Waals surface area contributed by atoms with E-state index in [1.807, 2.05) is 19.9 Å². The number of hydrogen-bond donors (Lipinski definition) is 1. The van der Waals surface area contributed by atoms with Crippen molar-refractivity contribution in [2.24, 2.45) is 11.8 Å². The molecule has 5 heteroatoms. The maximum absolute atomic E-state index is 12.3. The fourth-order valence-electron chi connectivity index (χ4n) is 4.22. The normalized spacial score (nSPS) is 37.9. The van der Waals surface area contributed by atoms with Crippen LogP contribution in [0.5, 0.6) is 0 Å². The van der Waals surface area contributed by atoms with Crippen molar-refractivity contribution in [1.29, 1.82) is 0 Å². The van der Waals surface area contributed by atoms with Gasteiger partial charge < -0.3 is 14.6 Å². The van der Waals surface area contributed by atoms with Crippen molar-refractivity contribution in [3.8, 4) is 0 Å². The minimum Gasteiger partial charge on any atom is -0.458 e. The third-order valence-corrected chi connectivity index (χ3v) is 5.81. The van der Waals surface area contributed by atoms with Gasteiger partial charge in [-0.2, -0.15) is 0 Å². The molecule has 0 radical (unpaired) electrons. The van der Waals surface area contributed by atoms with Crippen LogP contribution in [0.1, 0.15) is 47.5 Å². The first-order chi connectivity index (χ1) is 11.7. The third-order valence-electron chi connectivity index (χ3n) is 5.81. The molecule has 1 aliphatic heterocycles. The summed E-state index contributed by atoms with van der Waals surface area (Å²) in [5.74, 6) is -1.36. The van der Waals surface area contributed by atoms with Crippen LogP contribution in [-0.4, -0.2) is 34.9 Å². The number of carbonyl (C=O) groups is 2. The summed E-state index contributed by atoms with van der Waals surface area (Å²) in [6, 6.07) is 0. The predicted octanol–water partition coefficient (Wildman–Crippen LogP) is 2.84. The minimum absolute atomic E-state index is 0.250. The first kappa shape index (κ1) is 17.9. The lowest BCUT2D eigenvalue weighted by atomic mass is 9.83. The van der Waals surface area contributed by atoms with Crippen LogP contribution in [0.3, 0.4) is 0 Å². The molecule has 2 aliphatic carbocycles. The molecule has 25 heavy (non-hydrogen) atoms. The van der Waals surface area contributed by atoms with E-state index in [1.54, 1.807) is 26.8 Å². The van der Waals surface area contributed by atoms with Crippen LogP contribution in [-0.2, 0) is 19.1 Å². The highest BCUT2D eigenvalue weighted by atomic mass is 16.6. The smallest absolute Gasteiger partial charge is 0.333 e. The molecule has 136 valence electrons. The molecule has 0 amide bonds. The summed E-state index contributed by atoms with van der Waals surface area (Å²) >= 11 is 0. The minimum atomic E-state index is -1.13. The van der Waals surface area contributed by atoms with Gasteiger partial charge >= 0.3 is 11.9 Å². The number of esters is 2. The van der Waals surface area contributed by atoms with Crippen molar-refractivity contribution >= 4 is 11.9 Å². The quantitative estimate of drug-likeness (QED) is 0.615. The zero-order valence-corrected chi connectivity index (χ0v) is 15.5. The summed E-state index contributed by atoms with van der Waals surface area (Å²) in [7, 11) is 0. The van der Waals surface area contributed by atoms with Gasteiger partial charge in [0.15, 0.2) is 0 Å². The lowest BCUT2D eigenvalue weighted by molar-refractivity contribution is -0.151. The van der Waals surface area contributed by atoms with Crippen molar-refractivity contribution in [2.45, 2.75) is 65.3 Å². The van der Waals surface area contributed by atoms with Gasteiger partial charge in [0.25, 0.3) is 0 Å². The Kier molecular flexibility index (Phi) is 4.40. The lowest BCUT2D eigenvalue weighted by Crippen LogP contribution is -2.38. The molecule has 5 atom stereocenters. The van der Waals surface area contributed by atoms with Crippen molar-refractivity contribution in [3.05, 3.63) is 34.4 Å². The maximum Gasteiger partial charge on any atom is 0.333 e. The van der Waals surface area contributed by atoms with E-state index in [9.17, 15) is 14.7 Å². The number of allylic oxidation sites excluding steroid dienone is 3. The predicted molar refractivity (Wildman–Crippen MR) is 92.5 cm³/mol. The Labute approximate surface area is 148 Å². The molecule has 1 heterocycles. The Balaban J connectivity index is 2.04. The highest BCUT2D eigenvalue weighted by molar-refractivity contribution is 5.88. The molecule has 3 rings (SSSR count). The second-order valence-electron chi connectivity index (χ2n) is 7.63. The van der Waals surface area contributed by atoms with Crippen LogP contribution in [0.2, 0.25) is 0 Å².